The van der Waals surface area contributed by atoms with E-state index in [0.717, 1.165) is 37.2 Å². The molecule has 2 aromatic heterocycles. The monoisotopic (exact) mass is 439 g/mol. The SMILES string of the molecule is CCn1ncc2c(C(=O)Nc3ccc(C(=O)N4CCCC4)cc3)cc(-c3ccccc3)nc21. The summed E-state index contributed by atoms with van der Waals surface area (Å²) in [5, 5.41) is 8.07. The molecule has 7 heteroatoms. The molecule has 1 saturated heterocycles. The fourth-order valence-corrected chi connectivity index (χ4v) is 4.22. The molecule has 0 atom stereocenters. The van der Waals surface area contributed by atoms with Gasteiger partial charge in [-0.1, -0.05) is 30.3 Å². The second-order valence-corrected chi connectivity index (χ2v) is 8.15. The van der Waals surface area contributed by atoms with Crippen molar-refractivity contribution < 1.29 is 9.59 Å². The van der Waals surface area contributed by atoms with Gasteiger partial charge in [0, 0.05) is 36.4 Å². The van der Waals surface area contributed by atoms with Gasteiger partial charge in [-0.3, -0.25) is 9.59 Å². The topological polar surface area (TPSA) is 80.1 Å². The third-order valence-electron chi connectivity index (χ3n) is 6.01. The van der Waals surface area contributed by atoms with Gasteiger partial charge in [0.15, 0.2) is 5.65 Å². The van der Waals surface area contributed by atoms with E-state index in [9.17, 15) is 9.59 Å². The van der Waals surface area contributed by atoms with Crippen LogP contribution in [0.15, 0.2) is 66.9 Å². The van der Waals surface area contributed by atoms with E-state index < -0.39 is 0 Å². The number of fused-ring (bicyclic) bond motifs is 1. The molecule has 0 saturated carbocycles. The van der Waals surface area contributed by atoms with Gasteiger partial charge < -0.3 is 10.2 Å². The molecule has 3 heterocycles. The minimum absolute atomic E-state index is 0.0423. The molecule has 0 bridgehead atoms. The second kappa shape index (κ2) is 8.86. The number of hydrogen-bond acceptors (Lipinski definition) is 4. The highest BCUT2D eigenvalue weighted by Crippen LogP contribution is 2.26. The van der Waals surface area contributed by atoms with Crippen LogP contribution in [0.2, 0.25) is 0 Å². The Morgan fingerprint density at radius 1 is 1.00 bits per heavy atom. The van der Waals surface area contributed by atoms with Crippen molar-refractivity contribution in [3.05, 3.63) is 78.0 Å². The molecule has 1 aliphatic heterocycles. The number of nitrogens with zero attached hydrogens (tertiary/aromatic N) is 4. The largest absolute Gasteiger partial charge is 0.339 e. The van der Waals surface area contributed by atoms with Gasteiger partial charge in [0.2, 0.25) is 0 Å². The summed E-state index contributed by atoms with van der Waals surface area (Å²) in [6.45, 7) is 4.27. The number of pyridine rings is 1. The van der Waals surface area contributed by atoms with E-state index in [1.54, 1.807) is 41.2 Å². The van der Waals surface area contributed by atoms with Gasteiger partial charge in [0.05, 0.1) is 22.8 Å². The number of rotatable bonds is 5. The Morgan fingerprint density at radius 3 is 2.42 bits per heavy atom. The Labute approximate surface area is 192 Å². The quantitative estimate of drug-likeness (QED) is 0.493. The highest BCUT2D eigenvalue weighted by molar-refractivity contribution is 6.12. The average Bonchev–Trinajstić information content (AvgIpc) is 3.54. The van der Waals surface area contributed by atoms with Gasteiger partial charge in [0.25, 0.3) is 11.8 Å². The van der Waals surface area contributed by atoms with E-state index in [4.69, 9.17) is 4.98 Å². The highest BCUT2D eigenvalue weighted by atomic mass is 16.2. The van der Waals surface area contributed by atoms with E-state index in [0.29, 0.717) is 34.4 Å². The number of aromatic nitrogens is 3. The predicted octanol–water partition coefficient (Wildman–Crippen LogP) is 4.61. The average molecular weight is 440 g/mol. The van der Waals surface area contributed by atoms with Crippen LogP contribution in [-0.2, 0) is 6.54 Å². The number of benzene rings is 2. The standard InChI is InChI=1S/C26H25N5O2/c1-2-31-24-22(17-27-31)21(16-23(29-24)18-8-4-3-5-9-18)25(32)28-20-12-10-19(11-13-20)26(33)30-14-6-7-15-30/h3-5,8-13,16-17H,2,6-7,14-15H2,1H3,(H,28,32). The van der Waals surface area contributed by atoms with Crippen molar-refractivity contribution in [3.8, 4) is 11.3 Å². The zero-order valence-electron chi connectivity index (χ0n) is 18.5. The number of aryl methyl sites for hydroxylation is 1. The fraction of sp³-hybridized carbons (Fsp3) is 0.231. The maximum Gasteiger partial charge on any atom is 0.256 e. The molecule has 33 heavy (non-hydrogen) atoms. The van der Waals surface area contributed by atoms with Crippen LogP contribution in [0.1, 0.15) is 40.5 Å². The lowest BCUT2D eigenvalue weighted by atomic mass is 10.1. The van der Waals surface area contributed by atoms with Gasteiger partial charge in [0.1, 0.15) is 0 Å². The summed E-state index contributed by atoms with van der Waals surface area (Å²) in [6.07, 6.45) is 3.80. The first-order chi connectivity index (χ1) is 16.1. The Kier molecular flexibility index (Phi) is 5.60. The number of carbonyl (C=O) groups excluding carboxylic acids is 2. The highest BCUT2D eigenvalue weighted by Gasteiger charge is 2.20. The lowest BCUT2D eigenvalue weighted by Crippen LogP contribution is -2.27. The van der Waals surface area contributed by atoms with E-state index in [1.165, 1.54) is 0 Å². The molecule has 1 fully saturated rings. The van der Waals surface area contributed by atoms with Crippen LogP contribution in [0.25, 0.3) is 22.3 Å². The molecule has 2 aromatic carbocycles. The molecule has 1 N–H and O–H groups in total. The first-order valence-electron chi connectivity index (χ1n) is 11.3. The van der Waals surface area contributed by atoms with Crippen LogP contribution in [0.3, 0.4) is 0 Å². The van der Waals surface area contributed by atoms with E-state index in [2.05, 4.69) is 10.4 Å². The molecule has 4 aromatic rings. The van der Waals surface area contributed by atoms with E-state index in [1.807, 2.05) is 42.2 Å². The summed E-state index contributed by atoms with van der Waals surface area (Å²) in [6, 6.07) is 18.7. The normalized spacial score (nSPS) is 13.4. The summed E-state index contributed by atoms with van der Waals surface area (Å²) >= 11 is 0. The molecule has 0 spiro atoms. The van der Waals surface area contributed by atoms with Crippen LogP contribution in [0, 0.1) is 0 Å². The first kappa shape index (κ1) is 20.9. The lowest BCUT2D eigenvalue weighted by molar-refractivity contribution is 0.0792. The number of likely N-dealkylation sites (tertiary alicyclic amines) is 1. The van der Waals surface area contributed by atoms with Crippen molar-refractivity contribution >= 4 is 28.5 Å². The number of hydrogen-bond donors (Lipinski definition) is 1. The maximum absolute atomic E-state index is 13.3. The van der Waals surface area contributed by atoms with Gasteiger partial charge in [-0.15, -0.1) is 0 Å². The van der Waals surface area contributed by atoms with Crippen molar-refractivity contribution in [2.45, 2.75) is 26.3 Å². The fourth-order valence-electron chi connectivity index (χ4n) is 4.22. The number of anilines is 1. The summed E-state index contributed by atoms with van der Waals surface area (Å²) in [4.78, 5) is 32.5. The molecule has 166 valence electrons. The smallest absolute Gasteiger partial charge is 0.256 e. The second-order valence-electron chi connectivity index (χ2n) is 8.15. The summed E-state index contributed by atoms with van der Waals surface area (Å²) < 4.78 is 1.79. The number of amides is 2. The zero-order valence-corrected chi connectivity index (χ0v) is 18.5. The Bertz CT molecular complexity index is 1310. The van der Waals surface area contributed by atoms with E-state index in [-0.39, 0.29) is 11.8 Å². The third kappa shape index (κ3) is 4.09. The maximum atomic E-state index is 13.3. The molecular formula is C26H25N5O2. The van der Waals surface area contributed by atoms with Gasteiger partial charge >= 0.3 is 0 Å². The van der Waals surface area contributed by atoms with Crippen LogP contribution in [0.5, 0.6) is 0 Å². The summed E-state index contributed by atoms with van der Waals surface area (Å²) in [5.41, 5.74) is 4.10. The van der Waals surface area contributed by atoms with E-state index >= 15 is 0 Å². The molecule has 0 unspecified atom stereocenters. The molecule has 5 rings (SSSR count). The molecule has 0 radical (unpaired) electrons. The molecular weight excluding hydrogens is 414 g/mol. The van der Waals surface area contributed by atoms with Crippen LogP contribution < -0.4 is 5.32 Å². The molecule has 0 aliphatic carbocycles. The third-order valence-corrected chi connectivity index (χ3v) is 6.01. The van der Waals surface area contributed by atoms with Gasteiger partial charge in [-0.25, -0.2) is 9.67 Å². The zero-order chi connectivity index (χ0) is 22.8. The Balaban J connectivity index is 1.44. The minimum atomic E-state index is -0.242. The van der Waals surface area contributed by atoms with Crippen molar-refractivity contribution in [2.75, 3.05) is 18.4 Å². The lowest BCUT2D eigenvalue weighted by Gasteiger charge is -2.15. The van der Waals surface area contributed by atoms with Gasteiger partial charge in [-0.05, 0) is 50.1 Å². The molecule has 2 amide bonds. The Morgan fingerprint density at radius 2 is 1.73 bits per heavy atom. The van der Waals surface area contributed by atoms with Crippen molar-refractivity contribution in [1.29, 1.82) is 0 Å². The molecule has 1 aliphatic rings. The molecule has 7 nitrogen and oxygen atoms in total. The summed E-state index contributed by atoms with van der Waals surface area (Å²) in [7, 11) is 0. The van der Waals surface area contributed by atoms with Crippen LogP contribution in [0.4, 0.5) is 5.69 Å². The minimum Gasteiger partial charge on any atom is -0.339 e. The van der Waals surface area contributed by atoms with Crippen LogP contribution >= 0.6 is 0 Å². The number of nitrogens with one attached hydrogen (secondary N) is 1. The Hall–Kier alpha value is -4.00. The van der Waals surface area contributed by atoms with Crippen LogP contribution in [-0.4, -0.2) is 44.6 Å². The van der Waals surface area contributed by atoms with Gasteiger partial charge in [-0.2, -0.15) is 5.10 Å². The predicted molar refractivity (Wildman–Crippen MR) is 128 cm³/mol. The van der Waals surface area contributed by atoms with Crippen molar-refractivity contribution in [1.82, 2.24) is 19.7 Å². The summed E-state index contributed by atoms with van der Waals surface area (Å²) in [5.74, 6) is -0.199. The van der Waals surface area contributed by atoms with Crippen molar-refractivity contribution in [3.63, 3.8) is 0 Å². The van der Waals surface area contributed by atoms with Crippen molar-refractivity contribution in [2.24, 2.45) is 0 Å². The first-order valence-corrected chi connectivity index (χ1v) is 11.3. The number of carbonyl (C=O) groups is 2.